The van der Waals surface area contributed by atoms with Crippen LogP contribution in [0.1, 0.15) is 44.8 Å². The maximum Gasteiger partial charge on any atom is 0.162 e. The first-order valence-electron chi connectivity index (χ1n) is 5.69. The number of anilines is 1. The molecule has 4 nitrogen and oxygen atoms in total. The Balaban J connectivity index is 3.20. The number of nitrogen functional groups attached to an aromatic ring is 1. The summed E-state index contributed by atoms with van der Waals surface area (Å²) >= 11 is 0. The summed E-state index contributed by atoms with van der Waals surface area (Å²) in [6.07, 6.45) is 0.855. The van der Waals surface area contributed by atoms with Crippen LogP contribution in [0.4, 0.5) is 5.82 Å². The molecule has 0 atom stereocenters. The normalized spacial score (nSPS) is 11.8. The molecule has 0 fully saturated rings. The van der Waals surface area contributed by atoms with Crippen molar-refractivity contribution in [2.75, 3.05) is 12.3 Å². The fourth-order valence-corrected chi connectivity index (χ4v) is 1.62. The molecule has 16 heavy (non-hydrogen) atoms. The predicted molar refractivity (Wildman–Crippen MR) is 65.2 cm³/mol. The number of nitrogens with zero attached hydrogens (tertiary/aromatic N) is 2. The molecule has 0 bridgehead atoms. The second-order valence-electron chi connectivity index (χ2n) is 4.30. The van der Waals surface area contributed by atoms with E-state index in [1.165, 1.54) is 0 Å². The van der Waals surface area contributed by atoms with Gasteiger partial charge in [0.15, 0.2) is 5.82 Å². The maximum atomic E-state index is 5.88. The van der Waals surface area contributed by atoms with Gasteiger partial charge in [0.2, 0.25) is 0 Å². The van der Waals surface area contributed by atoms with Gasteiger partial charge in [-0.25, -0.2) is 9.97 Å². The fourth-order valence-electron chi connectivity index (χ4n) is 1.62. The van der Waals surface area contributed by atoms with Crippen LogP contribution in [-0.4, -0.2) is 16.6 Å². The zero-order valence-corrected chi connectivity index (χ0v) is 10.8. The second kappa shape index (κ2) is 4.78. The highest BCUT2D eigenvalue weighted by Crippen LogP contribution is 2.24. The Kier molecular flexibility index (Phi) is 3.86. The van der Waals surface area contributed by atoms with E-state index in [2.05, 4.69) is 16.9 Å². The van der Waals surface area contributed by atoms with Crippen molar-refractivity contribution in [3.05, 3.63) is 17.1 Å². The Morgan fingerprint density at radius 2 is 1.88 bits per heavy atom. The molecule has 0 radical (unpaired) electrons. The zero-order valence-electron chi connectivity index (χ0n) is 10.8. The molecule has 1 aromatic heterocycles. The van der Waals surface area contributed by atoms with Gasteiger partial charge in [-0.3, -0.25) is 0 Å². The molecule has 0 spiro atoms. The van der Waals surface area contributed by atoms with Gasteiger partial charge in [0.1, 0.15) is 11.4 Å². The van der Waals surface area contributed by atoms with E-state index in [0.29, 0.717) is 18.2 Å². The molecule has 4 heteroatoms. The third kappa shape index (κ3) is 2.50. The Morgan fingerprint density at radius 1 is 1.25 bits per heavy atom. The first kappa shape index (κ1) is 12.9. The van der Waals surface area contributed by atoms with E-state index < -0.39 is 5.60 Å². The maximum absolute atomic E-state index is 5.88. The summed E-state index contributed by atoms with van der Waals surface area (Å²) in [5.41, 5.74) is 7.36. The van der Waals surface area contributed by atoms with Crippen LogP contribution in [0.2, 0.25) is 0 Å². The third-order valence-electron chi connectivity index (χ3n) is 2.66. The summed E-state index contributed by atoms with van der Waals surface area (Å²) in [5, 5.41) is 0. The van der Waals surface area contributed by atoms with Gasteiger partial charge in [-0.15, -0.1) is 0 Å². The summed E-state index contributed by atoms with van der Waals surface area (Å²) in [4.78, 5) is 8.84. The topological polar surface area (TPSA) is 61.0 Å². The van der Waals surface area contributed by atoms with Crippen molar-refractivity contribution < 1.29 is 4.74 Å². The van der Waals surface area contributed by atoms with Crippen molar-refractivity contribution in [2.24, 2.45) is 0 Å². The zero-order chi connectivity index (χ0) is 12.3. The van der Waals surface area contributed by atoms with Crippen LogP contribution in [0.5, 0.6) is 0 Å². The minimum atomic E-state index is -0.486. The lowest BCUT2D eigenvalue weighted by molar-refractivity contribution is -0.0208. The van der Waals surface area contributed by atoms with Gasteiger partial charge in [-0.2, -0.15) is 0 Å². The number of ether oxygens (including phenoxy) is 1. The molecule has 1 rings (SSSR count). The van der Waals surface area contributed by atoms with Crippen molar-refractivity contribution in [3.63, 3.8) is 0 Å². The van der Waals surface area contributed by atoms with E-state index in [9.17, 15) is 0 Å². The van der Waals surface area contributed by atoms with Crippen LogP contribution >= 0.6 is 0 Å². The van der Waals surface area contributed by atoms with Crippen LogP contribution in [0.15, 0.2) is 0 Å². The molecular weight excluding hydrogens is 202 g/mol. The summed E-state index contributed by atoms with van der Waals surface area (Å²) in [5.74, 6) is 1.21. The molecule has 2 N–H and O–H groups in total. The minimum absolute atomic E-state index is 0.486. The average molecular weight is 223 g/mol. The van der Waals surface area contributed by atoms with Crippen LogP contribution < -0.4 is 5.73 Å². The van der Waals surface area contributed by atoms with Gasteiger partial charge in [0, 0.05) is 17.9 Å². The number of hydrogen-bond donors (Lipinski definition) is 1. The Morgan fingerprint density at radius 3 is 2.38 bits per heavy atom. The van der Waals surface area contributed by atoms with E-state index in [1.54, 1.807) is 0 Å². The minimum Gasteiger partial charge on any atom is -0.383 e. The largest absolute Gasteiger partial charge is 0.383 e. The SMILES string of the molecule is CCOC(C)(C)c1nc(N)c(C)c(CC)n1. The Labute approximate surface area is 97.2 Å². The highest BCUT2D eigenvalue weighted by atomic mass is 16.5. The lowest BCUT2D eigenvalue weighted by Crippen LogP contribution is -2.26. The molecule has 0 aliphatic rings. The van der Waals surface area contributed by atoms with E-state index in [1.807, 2.05) is 27.7 Å². The molecule has 90 valence electrons. The highest BCUT2D eigenvalue weighted by Gasteiger charge is 2.25. The molecular formula is C12H21N3O. The lowest BCUT2D eigenvalue weighted by atomic mass is 10.1. The van der Waals surface area contributed by atoms with Gasteiger partial charge in [0.25, 0.3) is 0 Å². The van der Waals surface area contributed by atoms with Gasteiger partial charge in [-0.05, 0) is 34.1 Å². The van der Waals surface area contributed by atoms with Crippen molar-refractivity contribution >= 4 is 5.82 Å². The van der Waals surface area contributed by atoms with Crippen molar-refractivity contribution in [3.8, 4) is 0 Å². The first-order chi connectivity index (χ1) is 7.42. The molecule has 0 saturated carbocycles. The van der Waals surface area contributed by atoms with Crippen molar-refractivity contribution in [1.29, 1.82) is 0 Å². The van der Waals surface area contributed by atoms with Crippen LogP contribution in [-0.2, 0) is 16.8 Å². The van der Waals surface area contributed by atoms with Gasteiger partial charge >= 0.3 is 0 Å². The smallest absolute Gasteiger partial charge is 0.162 e. The van der Waals surface area contributed by atoms with Crippen LogP contribution in [0, 0.1) is 6.92 Å². The molecule has 0 amide bonds. The van der Waals surface area contributed by atoms with E-state index in [4.69, 9.17) is 10.5 Å². The first-order valence-corrected chi connectivity index (χ1v) is 5.69. The molecule has 0 aliphatic heterocycles. The molecule has 0 unspecified atom stereocenters. The van der Waals surface area contributed by atoms with E-state index >= 15 is 0 Å². The van der Waals surface area contributed by atoms with Gasteiger partial charge in [0.05, 0.1) is 0 Å². The summed E-state index contributed by atoms with van der Waals surface area (Å²) in [6.45, 7) is 10.5. The number of nitrogens with two attached hydrogens (primary N) is 1. The number of aromatic nitrogens is 2. The lowest BCUT2D eigenvalue weighted by Gasteiger charge is -2.24. The average Bonchev–Trinajstić information content (AvgIpc) is 2.21. The molecule has 0 saturated heterocycles. The summed E-state index contributed by atoms with van der Waals surface area (Å²) in [7, 11) is 0. The number of rotatable bonds is 4. The second-order valence-corrected chi connectivity index (χ2v) is 4.30. The number of hydrogen-bond acceptors (Lipinski definition) is 4. The third-order valence-corrected chi connectivity index (χ3v) is 2.66. The fraction of sp³-hybridized carbons (Fsp3) is 0.667. The van der Waals surface area contributed by atoms with Gasteiger partial charge < -0.3 is 10.5 Å². The standard InChI is InChI=1S/C12H21N3O/c1-6-9-8(3)10(13)15-11(14-9)12(4,5)16-7-2/h6-7H2,1-5H3,(H2,13,14,15). The van der Waals surface area contributed by atoms with E-state index in [-0.39, 0.29) is 0 Å². The molecule has 0 aromatic carbocycles. The van der Waals surface area contributed by atoms with Crippen molar-refractivity contribution in [1.82, 2.24) is 9.97 Å². The summed E-state index contributed by atoms with van der Waals surface area (Å²) in [6, 6.07) is 0. The van der Waals surface area contributed by atoms with E-state index in [0.717, 1.165) is 17.7 Å². The highest BCUT2D eigenvalue weighted by molar-refractivity contribution is 5.41. The Hall–Kier alpha value is -1.16. The Bertz CT molecular complexity index is 375. The monoisotopic (exact) mass is 223 g/mol. The number of aryl methyl sites for hydroxylation is 1. The summed E-state index contributed by atoms with van der Waals surface area (Å²) < 4.78 is 5.63. The molecule has 1 aromatic rings. The molecule has 0 aliphatic carbocycles. The quantitative estimate of drug-likeness (QED) is 0.850. The molecule has 1 heterocycles. The van der Waals surface area contributed by atoms with Gasteiger partial charge in [-0.1, -0.05) is 6.92 Å². The van der Waals surface area contributed by atoms with Crippen LogP contribution in [0.3, 0.4) is 0 Å². The van der Waals surface area contributed by atoms with Crippen molar-refractivity contribution in [2.45, 2.75) is 46.6 Å². The van der Waals surface area contributed by atoms with Crippen LogP contribution in [0.25, 0.3) is 0 Å². The predicted octanol–water partition coefficient (Wildman–Crippen LogP) is 2.20.